The minimum Gasteiger partial charge on any atom is -0.480 e. The van der Waals surface area contributed by atoms with Crippen molar-refractivity contribution in [2.24, 2.45) is 0 Å². The number of hydrogen-bond acceptors (Lipinski definition) is 3. The summed E-state index contributed by atoms with van der Waals surface area (Å²) in [4.78, 5) is 10.5. The van der Waals surface area contributed by atoms with Crippen LogP contribution in [0.2, 0.25) is 0 Å². The number of aliphatic carboxylic acids is 1. The van der Waals surface area contributed by atoms with Gasteiger partial charge in [0, 0.05) is 7.11 Å². The fraction of sp³-hybridized carbons (Fsp3) is 0.833. The molecule has 1 N–H and O–H groups in total. The highest BCUT2D eigenvalue weighted by Crippen LogP contribution is 2.28. The van der Waals surface area contributed by atoms with Gasteiger partial charge in [0.05, 0.1) is 6.10 Å². The molecule has 1 heterocycles. The summed E-state index contributed by atoms with van der Waals surface area (Å²) < 4.78 is 4.98. The number of carbonyl (C=O) groups is 1. The summed E-state index contributed by atoms with van der Waals surface area (Å²) in [6, 6.07) is 0. The highest BCUT2D eigenvalue weighted by Gasteiger charge is 2.33. The first-order valence-electron chi connectivity index (χ1n) is 3.13. The van der Waals surface area contributed by atoms with Crippen molar-refractivity contribution in [2.45, 2.75) is 17.8 Å². The molecule has 3 nitrogen and oxygen atoms in total. The van der Waals surface area contributed by atoms with E-state index < -0.39 is 5.97 Å². The largest absolute Gasteiger partial charge is 0.480 e. The van der Waals surface area contributed by atoms with Gasteiger partial charge in [0.1, 0.15) is 5.25 Å². The van der Waals surface area contributed by atoms with Gasteiger partial charge in [-0.25, -0.2) is 0 Å². The summed E-state index contributed by atoms with van der Waals surface area (Å²) in [5, 5.41) is 8.27. The maximum atomic E-state index is 10.5. The van der Waals surface area contributed by atoms with Crippen LogP contribution in [0.1, 0.15) is 6.42 Å². The lowest BCUT2D eigenvalue weighted by Crippen LogP contribution is -2.27. The lowest BCUT2D eigenvalue weighted by molar-refractivity contribution is -0.138. The highest BCUT2D eigenvalue weighted by atomic mass is 32.2. The molecule has 1 fully saturated rings. The Morgan fingerprint density at radius 3 is 2.90 bits per heavy atom. The van der Waals surface area contributed by atoms with E-state index >= 15 is 0 Å². The Kier molecular flexibility index (Phi) is 2.56. The van der Waals surface area contributed by atoms with Crippen LogP contribution >= 0.6 is 11.8 Å². The van der Waals surface area contributed by atoms with Crippen LogP contribution in [0.15, 0.2) is 0 Å². The van der Waals surface area contributed by atoms with Gasteiger partial charge in [-0.15, -0.1) is 11.8 Å². The maximum Gasteiger partial charge on any atom is 0.319 e. The van der Waals surface area contributed by atoms with Crippen LogP contribution in [0.4, 0.5) is 0 Å². The number of methoxy groups -OCH3 is 1. The summed E-state index contributed by atoms with van der Waals surface area (Å²) >= 11 is 1.46. The third-order valence-corrected chi connectivity index (χ3v) is 2.92. The van der Waals surface area contributed by atoms with Crippen LogP contribution in [0, 0.1) is 0 Å². The number of carboxylic acid groups (broad SMARTS) is 1. The maximum absolute atomic E-state index is 10.5. The van der Waals surface area contributed by atoms with E-state index in [1.807, 2.05) is 0 Å². The van der Waals surface area contributed by atoms with Gasteiger partial charge in [0.25, 0.3) is 0 Å². The lowest BCUT2D eigenvalue weighted by Gasteiger charge is -2.11. The Labute approximate surface area is 63.8 Å². The third-order valence-electron chi connectivity index (χ3n) is 1.58. The van der Waals surface area contributed by atoms with E-state index in [-0.39, 0.29) is 11.4 Å². The lowest BCUT2D eigenvalue weighted by atomic mass is 10.2. The van der Waals surface area contributed by atoms with Gasteiger partial charge in [-0.2, -0.15) is 0 Å². The van der Waals surface area contributed by atoms with E-state index in [0.29, 0.717) is 0 Å². The summed E-state index contributed by atoms with van der Waals surface area (Å²) in [6.45, 7) is 0. The first kappa shape index (κ1) is 7.88. The molecular formula is C6H10O3S. The number of hydrogen-bond donors (Lipinski definition) is 1. The molecule has 0 aromatic carbocycles. The van der Waals surface area contributed by atoms with Crippen LogP contribution in [0.5, 0.6) is 0 Å². The third kappa shape index (κ3) is 1.44. The molecule has 10 heavy (non-hydrogen) atoms. The number of carboxylic acids is 1. The van der Waals surface area contributed by atoms with Crippen molar-refractivity contribution in [1.29, 1.82) is 0 Å². The van der Waals surface area contributed by atoms with Gasteiger partial charge < -0.3 is 9.84 Å². The second-order valence-corrected chi connectivity index (χ2v) is 3.44. The van der Waals surface area contributed by atoms with E-state index in [1.54, 1.807) is 7.11 Å². The molecule has 0 amide bonds. The normalized spacial score (nSPS) is 32.5. The molecule has 1 aliphatic heterocycles. The molecule has 1 rings (SSSR count). The fourth-order valence-electron chi connectivity index (χ4n) is 1.04. The molecule has 58 valence electrons. The van der Waals surface area contributed by atoms with Crippen molar-refractivity contribution in [1.82, 2.24) is 0 Å². The molecule has 0 spiro atoms. The highest BCUT2D eigenvalue weighted by molar-refractivity contribution is 8.00. The monoisotopic (exact) mass is 162 g/mol. The molecule has 2 unspecified atom stereocenters. The Bertz CT molecular complexity index is 137. The first-order chi connectivity index (χ1) is 4.75. The minimum atomic E-state index is -0.755. The summed E-state index contributed by atoms with van der Waals surface area (Å²) in [5.74, 6) is 0.143. The van der Waals surface area contributed by atoms with Crippen LogP contribution in [0.3, 0.4) is 0 Å². The second-order valence-electron chi connectivity index (χ2n) is 2.19. The van der Waals surface area contributed by atoms with Crippen LogP contribution < -0.4 is 0 Å². The fourth-order valence-corrected chi connectivity index (χ4v) is 2.27. The number of thioether (sulfide) groups is 1. The van der Waals surface area contributed by atoms with Gasteiger partial charge in [0.15, 0.2) is 0 Å². The topological polar surface area (TPSA) is 46.5 Å². The van der Waals surface area contributed by atoms with E-state index in [0.717, 1.165) is 12.2 Å². The van der Waals surface area contributed by atoms with Crippen molar-refractivity contribution in [3.63, 3.8) is 0 Å². The molecule has 0 saturated carbocycles. The van der Waals surface area contributed by atoms with E-state index in [9.17, 15) is 4.79 Å². The molecule has 0 aromatic rings. The van der Waals surface area contributed by atoms with E-state index in [2.05, 4.69) is 0 Å². The molecule has 0 aliphatic carbocycles. The summed E-state index contributed by atoms with van der Waals surface area (Å²) in [6.07, 6.45) is 0.778. The quantitative estimate of drug-likeness (QED) is 0.645. The van der Waals surface area contributed by atoms with Crippen LogP contribution in [-0.4, -0.2) is 35.3 Å². The van der Waals surface area contributed by atoms with Crippen molar-refractivity contribution < 1.29 is 14.6 Å². The Hall–Kier alpha value is -0.220. The molecule has 0 aromatic heterocycles. The standard InChI is InChI=1S/C6H10O3S/c1-9-4-2-3-10-5(4)6(7)8/h4-5H,2-3H2,1H3,(H,7,8). The zero-order valence-corrected chi connectivity index (χ0v) is 6.56. The average Bonchev–Trinajstić information content (AvgIpc) is 2.33. The SMILES string of the molecule is COC1CCSC1C(=O)O. The molecule has 0 radical (unpaired) electrons. The zero-order valence-electron chi connectivity index (χ0n) is 5.74. The summed E-state index contributed by atoms with van der Waals surface area (Å²) in [5.41, 5.74) is 0. The van der Waals surface area contributed by atoms with Gasteiger partial charge in [0.2, 0.25) is 0 Å². The van der Waals surface area contributed by atoms with Gasteiger partial charge >= 0.3 is 5.97 Å². The zero-order chi connectivity index (χ0) is 7.56. The predicted molar refractivity (Wildman–Crippen MR) is 39.3 cm³/mol. The van der Waals surface area contributed by atoms with Crippen LogP contribution in [-0.2, 0) is 9.53 Å². The number of rotatable bonds is 2. The van der Waals surface area contributed by atoms with Crippen molar-refractivity contribution in [2.75, 3.05) is 12.9 Å². The second kappa shape index (κ2) is 3.25. The molecule has 1 aliphatic rings. The van der Waals surface area contributed by atoms with E-state index in [1.165, 1.54) is 11.8 Å². The Balaban J connectivity index is 2.50. The molecule has 4 heteroatoms. The van der Waals surface area contributed by atoms with Gasteiger partial charge in [-0.05, 0) is 12.2 Å². The molecular weight excluding hydrogens is 152 g/mol. The molecule has 2 atom stereocenters. The molecule has 0 bridgehead atoms. The number of ether oxygens (including phenoxy) is 1. The van der Waals surface area contributed by atoms with E-state index in [4.69, 9.17) is 9.84 Å². The smallest absolute Gasteiger partial charge is 0.319 e. The molecule has 1 saturated heterocycles. The van der Waals surface area contributed by atoms with Crippen molar-refractivity contribution >= 4 is 17.7 Å². The minimum absolute atomic E-state index is 0.0810. The predicted octanol–water partition coefficient (Wildman–Crippen LogP) is 0.591. The summed E-state index contributed by atoms with van der Waals surface area (Å²) in [7, 11) is 1.56. The average molecular weight is 162 g/mol. The van der Waals surface area contributed by atoms with Gasteiger partial charge in [-0.3, -0.25) is 4.79 Å². The van der Waals surface area contributed by atoms with Gasteiger partial charge in [-0.1, -0.05) is 0 Å². The first-order valence-corrected chi connectivity index (χ1v) is 4.18. The van der Waals surface area contributed by atoms with Crippen LogP contribution in [0.25, 0.3) is 0 Å². The van der Waals surface area contributed by atoms with Crippen molar-refractivity contribution in [3.8, 4) is 0 Å². The Morgan fingerprint density at radius 1 is 1.80 bits per heavy atom. The van der Waals surface area contributed by atoms with Crippen molar-refractivity contribution in [3.05, 3.63) is 0 Å². The Morgan fingerprint density at radius 2 is 2.50 bits per heavy atom.